The van der Waals surface area contributed by atoms with Crippen LogP contribution >= 0.6 is 0 Å². The summed E-state index contributed by atoms with van der Waals surface area (Å²) in [5.41, 5.74) is 7.25. The molecule has 1 aliphatic carbocycles. The van der Waals surface area contributed by atoms with E-state index < -0.39 is 0 Å². The lowest BCUT2D eigenvalue weighted by Crippen LogP contribution is -2.34. The molecule has 1 aromatic carbocycles. The second kappa shape index (κ2) is 4.66. The fraction of sp³-hybridized carbons (Fsp3) is 0.429. The van der Waals surface area contributed by atoms with Gasteiger partial charge in [-0.2, -0.15) is 0 Å². The van der Waals surface area contributed by atoms with Gasteiger partial charge < -0.3 is 10.3 Å². The van der Waals surface area contributed by atoms with E-state index in [1.807, 2.05) is 12.3 Å². The van der Waals surface area contributed by atoms with Crippen LogP contribution in [0.3, 0.4) is 0 Å². The number of hydrogen-bond acceptors (Lipinski definition) is 3. The Bertz CT molecular complexity index is 620. The monoisotopic (exact) mass is 259 g/mol. The van der Waals surface area contributed by atoms with Gasteiger partial charge >= 0.3 is 0 Å². The predicted octanol–water partition coefficient (Wildman–Crippen LogP) is 2.99. The van der Waals surface area contributed by atoms with Gasteiger partial charge in [-0.3, -0.25) is 10.1 Å². The Labute approximate surface area is 111 Å². The van der Waals surface area contributed by atoms with E-state index in [9.17, 15) is 10.1 Å². The van der Waals surface area contributed by atoms with Gasteiger partial charge in [0.1, 0.15) is 0 Å². The van der Waals surface area contributed by atoms with Crippen molar-refractivity contribution >= 4 is 16.6 Å². The number of rotatable bonds is 2. The Hall–Kier alpha value is -1.88. The summed E-state index contributed by atoms with van der Waals surface area (Å²) >= 11 is 0. The van der Waals surface area contributed by atoms with Crippen molar-refractivity contribution in [2.24, 2.45) is 5.73 Å². The summed E-state index contributed by atoms with van der Waals surface area (Å²) in [6, 6.07) is 7.40. The standard InChI is InChI=1S/C14H17N3O2/c15-12-3-1-2-4-13(12)16-8-7-10-5-6-11(17(18)19)9-14(10)16/h5-9,12-13H,1-4,15H2/t12-,13+/m1/s1. The molecule has 0 saturated heterocycles. The molecule has 3 rings (SSSR count). The third-order valence-corrected chi connectivity index (χ3v) is 4.06. The van der Waals surface area contributed by atoms with Crippen LogP contribution in [0.1, 0.15) is 31.7 Å². The summed E-state index contributed by atoms with van der Waals surface area (Å²) in [5.74, 6) is 0. The van der Waals surface area contributed by atoms with Crippen LogP contribution in [0.5, 0.6) is 0 Å². The van der Waals surface area contributed by atoms with Crippen LogP contribution in [0.4, 0.5) is 5.69 Å². The number of nitro benzene ring substituents is 1. The molecule has 5 heteroatoms. The van der Waals surface area contributed by atoms with E-state index in [1.54, 1.807) is 18.2 Å². The van der Waals surface area contributed by atoms with Crippen molar-refractivity contribution in [2.45, 2.75) is 37.8 Å². The zero-order chi connectivity index (χ0) is 13.4. The first-order valence-electron chi connectivity index (χ1n) is 6.67. The molecule has 1 heterocycles. The molecule has 5 nitrogen and oxygen atoms in total. The van der Waals surface area contributed by atoms with Gasteiger partial charge in [-0.15, -0.1) is 0 Å². The highest BCUT2D eigenvalue weighted by Crippen LogP contribution is 2.32. The van der Waals surface area contributed by atoms with Crippen molar-refractivity contribution < 1.29 is 4.92 Å². The Morgan fingerprint density at radius 1 is 1.26 bits per heavy atom. The molecule has 1 aromatic heterocycles. The maximum absolute atomic E-state index is 10.9. The fourth-order valence-electron chi connectivity index (χ4n) is 3.03. The first-order chi connectivity index (χ1) is 9.16. The average molecular weight is 259 g/mol. The molecule has 2 atom stereocenters. The molecule has 100 valence electrons. The number of nitrogens with zero attached hydrogens (tertiary/aromatic N) is 2. The second-order valence-electron chi connectivity index (χ2n) is 5.24. The smallest absolute Gasteiger partial charge is 0.271 e. The van der Waals surface area contributed by atoms with Gasteiger partial charge in [-0.05, 0) is 25.0 Å². The quantitative estimate of drug-likeness (QED) is 0.665. The van der Waals surface area contributed by atoms with Gasteiger partial charge in [0.05, 0.1) is 10.4 Å². The number of fused-ring (bicyclic) bond motifs is 1. The van der Waals surface area contributed by atoms with E-state index in [0.717, 1.165) is 23.7 Å². The van der Waals surface area contributed by atoms with Gasteiger partial charge in [0.15, 0.2) is 0 Å². The van der Waals surface area contributed by atoms with Crippen LogP contribution in [0.25, 0.3) is 10.9 Å². The molecule has 1 aliphatic rings. The maximum atomic E-state index is 10.9. The van der Waals surface area contributed by atoms with Crippen LogP contribution < -0.4 is 5.73 Å². The van der Waals surface area contributed by atoms with E-state index in [2.05, 4.69) is 4.57 Å². The topological polar surface area (TPSA) is 74.1 Å². The van der Waals surface area contributed by atoms with Crippen molar-refractivity contribution in [3.05, 3.63) is 40.6 Å². The van der Waals surface area contributed by atoms with Gasteiger partial charge in [-0.1, -0.05) is 12.8 Å². The summed E-state index contributed by atoms with van der Waals surface area (Å²) in [6.07, 6.45) is 6.43. The van der Waals surface area contributed by atoms with Gasteiger partial charge in [-0.25, -0.2) is 0 Å². The third kappa shape index (κ3) is 2.10. The molecule has 1 fully saturated rings. The van der Waals surface area contributed by atoms with Gasteiger partial charge in [0.2, 0.25) is 0 Å². The lowest BCUT2D eigenvalue weighted by Gasteiger charge is -2.30. The first-order valence-corrected chi connectivity index (χ1v) is 6.67. The number of non-ortho nitro benzene ring substituents is 1. The highest BCUT2D eigenvalue weighted by Gasteiger charge is 2.24. The Balaban J connectivity index is 2.07. The zero-order valence-corrected chi connectivity index (χ0v) is 10.7. The highest BCUT2D eigenvalue weighted by molar-refractivity contribution is 5.82. The molecule has 2 N–H and O–H groups in total. The zero-order valence-electron chi connectivity index (χ0n) is 10.7. The van der Waals surface area contributed by atoms with Crippen molar-refractivity contribution in [3.8, 4) is 0 Å². The number of hydrogen-bond donors (Lipinski definition) is 1. The first kappa shape index (κ1) is 12.2. The van der Waals surface area contributed by atoms with Crippen LogP contribution in [0.15, 0.2) is 30.5 Å². The number of aromatic nitrogens is 1. The molecule has 1 saturated carbocycles. The SMILES string of the molecule is N[C@@H]1CCCC[C@@H]1n1ccc2ccc([N+](=O)[O-])cc21. The maximum Gasteiger partial charge on any atom is 0.271 e. The van der Waals surface area contributed by atoms with Crippen LogP contribution in [0, 0.1) is 10.1 Å². The molecule has 2 aromatic rings. The average Bonchev–Trinajstić information content (AvgIpc) is 2.82. The summed E-state index contributed by atoms with van der Waals surface area (Å²) in [7, 11) is 0. The highest BCUT2D eigenvalue weighted by atomic mass is 16.6. The van der Waals surface area contributed by atoms with E-state index in [1.165, 1.54) is 12.8 Å². The van der Waals surface area contributed by atoms with Crippen molar-refractivity contribution in [2.75, 3.05) is 0 Å². The summed E-state index contributed by atoms with van der Waals surface area (Å²) in [6.45, 7) is 0. The summed E-state index contributed by atoms with van der Waals surface area (Å²) in [5, 5.41) is 11.9. The third-order valence-electron chi connectivity index (χ3n) is 4.06. The fourth-order valence-corrected chi connectivity index (χ4v) is 3.03. The molecule has 0 spiro atoms. The molecule has 19 heavy (non-hydrogen) atoms. The van der Waals surface area contributed by atoms with Crippen LogP contribution in [-0.4, -0.2) is 15.5 Å². The largest absolute Gasteiger partial charge is 0.343 e. The number of nitrogens with two attached hydrogens (primary N) is 1. The minimum atomic E-state index is -0.350. The van der Waals surface area contributed by atoms with Crippen molar-refractivity contribution in [1.82, 2.24) is 4.57 Å². The molecule has 0 aliphatic heterocycles. The Morgan fingerprint density at radius 2 is 2.05 bits per heavy atom. The predicted molar refractivity (Wildman–Crippen MR) is 74.1 cm³/mol. The lowest BCUT2D eigenvalue weighted by molar-refractivity contribution is -0.384. The minimum absolute atomic E-state index is 0.136. The molecule has 0 bridgehead atoms. The van der Waals surface area contributed by atoms with E-state index >= 15 is 0 Å². The van der Waals surface area contributed by atoms with E-state index in [-0.39, 0.29) is 22.7 Å². The number of benzene rings is 1. The number of nitro groups is 1. The summed E-state index contributed by atoms with van der Waals surface area (Å²) < 4.78 is 2.12. The normalized spacial score (nSPS) is 23.6. The molecule has 0 unspecified atom stereocenters. The Kier molecular flexibility index (Phi) is 2.98. The minimum Gasteiger partial charge on any atom is -0.343 e. The molecular weight excluding hydrogens is 242 g/mol. The Morgan fingerprint density at radius 3 is 2.79 bits per heavy atom. The van der Waals surface area contributed by atoms with Crippen molar-refractivity contribution in [3.63, 3.8) is 0 Å². The van der Waals surface area contributed by atoms with Crippen molar-refractivity contribution in [1.29, 1.82) is 0 Å². The van der Waals surface area contributed by atoms with Crippen LogP contribution in [-0.2, 0) is 0 Å². The van der Waals surface area contributed by atoms with E-state index in [4.69, 9.17) is 5.73 Å². The molecular formula is C14H17N3O2. The molecule has 0 amide bonds. The molecule has 0 radical (unpaired) electrons. The van der Waals surface area contributed by atoms with E-state index in [0.29, 0.717) is 0 Å². The lowest BCUT2D eigenvalue weighted by atomic mass is 9.91. The summed E-state index contributed by atoms with van der Waals surface area (Å²) in [4.78, 5) is 10.5. The van der Waals surface area contributed by atoms with Crippen LogP contribution in [0.2, 0.25) is 0 Å². The van der Waals surface area contributed by atoms with Gasteiger partial charge in [0.25, 0.3) is 5.69 Å². The second-order valence-corrected chi connectivity index (χ2v) is 5.24. The van der Waals surface area contributed by atoms with Gasteiger partial charge in [0, 0.05) is 35.8 Å².